The molecule has 0 N–H and O–H groups in total. The third-order valence-corrected chi connectivity index (χ3v) is 2.45. The van der Waals surface area contributed by atoms with Crippen molar-refractivity contribution in [2.45, 2.75) is 32.8 Å². The summed E-state index contributed by atoms with van der Waals surface area (Å²) in [5.41, 5.74) is 0.446. The van der Waals surface area contributed by atoms with Crippen molar-refractivity contribution in [2.75, 3.05) is 6.61 Å². The van der Waals surface area contributed by atoms with Crippen LogP contribution >= 0.6 is 0 Å². The number of carbonyl (C=O) groups excluding carboxylic acids is 2. The molecule has 5 nitrogen and oxygen atoms in total. The molecule has 1 aromatic carbocycles. The van der Waals surface area contributed by atoms with Crippen molar-refractivity contribution in [3.8, 4) is 11.8 Å². The van der Waals surface area contributed by atoms with Crippen LogP contribution in [0.2, 0.25) is 0 Å². The summed E-state index contributed by atoms with van der Waals surface area (Å²) in [4.78, 5) is 23.2. The predicted octanol–water partition coefficient (Wildman–Crippen LogP) is 2.21. The lowest BCUT2D eigenvalue weighted by molar-refractivity contribution is -0.153. The van der Waals surface area contributed by atoms with Gasteiger partial charge in [-0.05, 0) is 38.5 Å². The van der Waals surface area contributed by atoms with E-state index in [1.165, 1.54) is 0 Å². The van der Waals surface area contributed by atoms with Crippen LogP contribution in [0.1, 0.15) is 32.3 Å². The first-order valence-corrected chi connectivity index (χ1v) is 6.36. The number of carbonyl (C=O) groups is 2. The molecule has 0 aliphatic carbocycles. The minimum absolute atomic E-state index is 0.0359. The van der Waals surface area contributed by atoms with E-state index in [1.807, 2.05) is 19.9 Å². The topological polar surface area (TPSA) is 76.4 Å². The molecule has 0 heterocycles. The van der Waals surface area contributed by atoms with Crippen molar-refractivity contribution in [3.63, 3.8) is 0 Å². The van der Waals surface area contributed by atoms with E-state index in [9.17, 15) is 9.59 Å². The lowest BCUT2D eigenvalue weighted by Crippen LogP contribution is -2.23. The molecule has 0 bridgehead atoms. The summed E-state index contributed by atoms with van der Waals surface area (Å²) < 4.78 is 10.1. The van der Waals surface area contributed by atoms with Gasteiger partial charge in [0.1, 0.15) is 11.7 Å². The van der Waals surface area contributed by atoms with Gasteiger partial charge in [0, 0.05) is 0 Å². The fraction of sp³-hybridized carbons (Fsp3) is 0.400. The van der Waals surface area contributed by atoms with E-state index in [0.29, 0.717) is 11.3 Å². The quantitative estimate of drug-likeness (QED) is 0.587. The Labute approximate surface area is 118 Å². The number of ether oxygens (including phenoxy) is 2. The van der Waals surface area contributed by atoms with E-state index in [1.54, 1.807) is 31.2 Å². The molecule has 0 radical (unpaired) electrons. The Bertz CT molecular complexity index is 514. The molecule has 0 fully saturated rings. The first-order valence-electron chi connectivity index (χ1n) is 6.36. The fourth-order valence-corrected chi connectivity index (χ4v) is 1.62. The summed E-state index contributed by atoms with van der Waals surface area (Å²) in [5, 5.41) is 9.07. The maximum Gasteiger partial charge on any atom is 0.376 e. The third-order valence-electron chi connectivity index (χ3n) is 2.45. The molecular formula is C15H17NO4. The Balaban J connectivity index is 2.88. The number of nitriles is 1. The lowest BCUT2D eigenvalue weighted by atomic mass is 9.96. The van der Waals surface area contributed by atoms with E-state index >= 15 is 0 Å². The molecule has 0 spiro atoms. The van der Waals surface area contributed by atoms with Gasteiger partial charge in [-0.25, -0.2) is 4.79 Å². The molecule has 0 aliphatic rings. The minimum atomic E-state index is -1.15. The van der Waals surface area contributed by atoms with Crippen LogP contribution in [-0.2, 0) is 14.3 Å². The molecule has 0 saturated carbocycles. The molecule has 0 saturated heterocycles. The Hall–Kier alpha value is -2.35. The maximum absolute atomic E-state index is 11.8. The van der Waals surface area contributed by atoms with Gasteiger partial charge in [0.2, 0.25) is 0 Å². The van der Waals surface area contributed by atoms with Gasteiger partial charge in [0.15, 0.2) is 0 Å². The van der Waals surface area contributed by atoms with Gasteiger partial charge in [0.05, 0.1) is 18.8 Å². The molecular weight excluding hydrogens is 258 g/mol. The van der Waals surface area contributed by atoms with Crippen molar-refractivity contribution >= 4 is 11.8 Å². The smallest absolute Gasteiger partial charge is 0.376 e. The molecule has 106 valence electrons. The van der Waals surface area contributed by atoms with Crippen molar-refractivity contribution in [1.29, 1.82) is 5.26 Å². The van der Waals surface area contributed by atoms with Gasteiger partial charge < -0.3 is 9.47 Å². The predicted molar refractivity (Wildman–Crippen MR) is 72.2 cm³/mol. The van der Waals surface area contributed by atoms with Crippen molar-refractivity contribution in [1.82, 2.24) is 0 Å². The number of esters is 1. The van der Waals surface area contributed by atoms with Gasteiger partial charge in [-0.3, -0.25) is 4.79 Å². The molecule has 1 atom stereocenters. The zero-order chi connectivity index (χ0) is 15.1. The Morgan fingerprint density at radius 2 is 1.85 bits per heavy atom. The second-order valence-corrected chi connectivity index (χ2v) is 4.38. The average molecular weight is 275 g/mol. The summed E-state index contributed by atoms with van der Waals surface area (Å²) in [5.74, 6) is -2.35. The van der Waals surface area contributed by atoms with Crippen LogP contribution in [0.5, 0.6) is 5.75 Å². The summed E-state index contributed by atoms with van der Waals surface area (Å²) >= 11 is 0. The normalized spacial score (nSPS) is 11.6. The number of Topliss-reactive ketones (excluding diaryl/α,β-unsaturated/α-hetero) is 1. The Morgan fingerprint density at radius 3 is 2.30 bits per heavy atom. The van der Waals surface area contributed by atoms with E-state index in [0.717, 1.165) is 0 Å². The molecule has 1 aromatic rings. The van der Waals surface area contributed by atoms with Gasteiger partial charge >= 0.3 is 5.97 Å². The number of nitrogens with zero attached hydrogens (tertiary/aromatic N) is 1. The number of ketones is 1. The molecule has 20 heavy (non-hydrogen) atoms. The zero-order valence-electron chi connectivity index (χ0n) is 11.8. The van der Waals surface area contributed by atoms with Crippen molar-refractivity contribution in [2.24, 2.45) is 0 Å². The summed E-state index contributed by atoms with van der Waals surface area (Å²) in [6.07, 6.45) is 0.0359. The second-order valence-electron chi connectivity index (χ2n) is 4.38. The summed E-state index contributed by atoms with van der Waals surface area (Å²) in [7, 11) is 0. The van der Waals surface area contributed by atoms with E-state index in [4.69, 9.17) is 10.00 Å². The largest absolute Gasteiger partial charge is 0.491 e. The standard InChI is InChI=1S/C15H17NO4/c1-4-19-15(18)14(17)13(9-16)11-5-7-12(8-6-11)20-10(2)3/h5-8,10,13H,4H2,1-3H3. The highest BCUT2D eigenvalue weighted by Gasteiger charge is 2.27. The Morgan fingerprint density at radius 1 is 1.25 bits per heavy atom. The lowest BCUT2D eigenvalue weighted by Gasteiger charge is -2.11. The Kier molecular flexibility index (Phi) is 5.73. The SMILES string of the molecule is CCOC(=O)C(=O)C(C#N)c1ccc(OC(C)C)cc1. The maximum atomic E-state index is 11.8. The molecule has 1 unspecified atom stereocenters. The summed E-state index contributed by atoms with van der Waals surface area (Å²) in [6.45, 7) is 5.50. The first kappa shape index (κ1) is 15.7. The van der Waals surface area contributed by atoms with Crippen LogP contribution < -0.4 is 4.74 Å². The van der Waals surface area contributed by atoms with Gasteiger partial charge in [-0.1, -0.05) is 12.1 Å². The fourth-order valence-electron chi connectivity index (χ4n) is 1.62. The minimum Gasteiger partial charge on any atom is -0.491 e. The zero-order valence-corrected chi connectivity index (χ0v) is 11.8. The molecule has 0 amide bonds. The molecule has 0 aromatic heterocycles. The molecule has 5 heteroatoms. The molecule has 1 rings (SSSR count). The number of rotatable bonds is 6. The van der Waals surface area contributed by atoms with Crippen LogP contribution in [0, 0.1) is 11.3 Å². The van der Waals surface area contributed by atoms with E-state index < -0.39 is 17.7 Å². The van der Waals surface area contributed by atoms with Crippen LogP contribution in [0.25, 0.3) is 0 Å². The number of hydrogen-bond acceptors (Lipinski definition) is 5. The van der Waals surface area contributed by atoms with E-state index in [2.05, 4.69) is 4.74 Å². The van der Waals surface area contributed by atoms with Crippen LogP contribution in [0.4, 0.5) is 0 Å². The van der Waals surface area contributed by atoms with Gasteiger partial charge in [-0.15, -0.1) is 0 Å². The number of benzene rings is 1. The van der Waals surface area contributed by atoms with Gasteiger partial charge in [-0.2, -0.15) is 5.26 Å². The van der Waals surface area contributed by atoms with Crippen molar-refractivity contribution in [3.05, 3.63) is 29.8 Å². The first-order chi connectivity index (χ1) is 9.49. The monoisotopic (exact) mass is 275 g/mol. The highest BCUT2D eigenvalue weighted by molar-refractivity contribution is 6.36. The highest BCUT2D eigenvalue weighted by atomic mass is 16.5. The van der Waals surface area contributed by atoms with Crippen molar-refractivity contribution < 1.29 is 19.1 Å². The van der Waals surface area contributed by atoms with E-state index in [-0.39, 0.29) is 12.7 Å². The van der Waals surface area contributed by atoms with Crippen LogP contribution in [0.15, 0.2) is 24.3 Å². The highest BCUT2D eigenvalue weighted by Crippen LogP contribution is 2.21. The van der Waals surface area contributed by atoms with Gasteiger partial charge in [0.25, 0.3) is 5.78 Å². The molecule has 0 aliphatic heterocycles. The summed E-state index contributed by atoms with van der Waals surface area (Å²) in [6, 6.07) is 8.36. The van der Waals surface area contributed by atoms with Crippen LogP contribution in [0.3, 0.4) is 0 Å². The average Bonchev–Trinajstić information content (AvgIpc) is 2.41. The second kappa shape index (κ2) is 7.29. The number of hydrogen-bond donors (Lipinski definition) is 0. The third kappa shape index (κ3) is 4.09. The van der Waals surface area contributed by atoms with Crippen LogP contribution in [-0.4, -0.2) is 24.5 Å².